The normalized spacial score (nSPS) is 18.6. The summed E-state index contributed by atoms with van der Waals surface area (Å²) >= 11 is 18.7. The van der Waals surface area contributed by atoms with Crippen LogP contribution in [0.1, 0.15) is 43.5 Å². The molecule has 0 saturated heterocycles. The van der Waals surface area contributed by atoms with Gasteiger partial charge in [0.15, 0.2) is 0 Å². The van der Waals surface area contributed by atoms with E-state index in [4.69, 9.17) is 54.0 Å². The molecule has 0 aliphatic carbocycles. The molecule has 10 heteroatoms. The summed E-state index contributed by atoms with van der Waals surface area (Å²) in [6.07, 6.45) is -0.212. The first-order valence-electron chi connectivity index (χ1n) is 12.2. The third-order valence-corrected chi connectivity index (χ3v) is 6.89. The van der Waals surface area contributed by atoms with Crippen molar-refractivity contribution in [1.82, 2.24) is 4.90 Å². The molecule has 1 amide bonds. The van der Waals surface area contributed by atoms with Gasteiger partial charge in [0.1, 0.15) is 23.4 Å². The molecule has 1 heterocycles. The largest absolute Gasteiger partial charge is 0.497 e. The van der Waals surface area contributed by atoms with E-state index in [1.807, 2.05) is 13.8 Å². The molecule has 7 nitrogen and oxygen atoms in total. The number of aliphatic imine (C=N–C) groups is 1. The lowest BCUT2D eigenvalue weighted by Crippen LogP contribution is -2.45. The molecule has 0 aromatic heterocycles. The number of hydrogen-bond donors (Lipinski definition) is 0. The Kier molecular flexibility index (Phi) is 8.74. The maximum Gasteiger partial charge on any atom is 0.341 e. The lowest BCUT2D eigenvalue weighted by molar-refractivity contribution is -0.151. The summed E-state index contributed by atoms with van der Waals surface area (Å²) in [5, 5.41) is 0.105. The van der Waals surface area contributed by atoms with Crippen molar-refractivity contribution in [3.63, 3.8) is 0 Å². The predicted octanol–water partition coefficient (Wildman–Crippen LogP) is 7.41. The molecular formula is C29H27Cl3N2O5. The van der Waals surface area contributed by atoms with Gasteiger partial charge in [-0.2, -0.15) is 0 Å². The minimum absolute atomic E-state index is 0.0887. The van der Waals surface area contributed by atoms with Crippen LogP contribution in [0, 0.1) is 0 Å². The molecular weight excluding hydrogens is 563 g/mol. The SMILES string of the molecule is CCOC(=O)[C@@]1(c2ccc(Cl)cc2)N=C(c2ccc(OC)cc2OC(C)C)N(C(=O)Cl)[C@@H]1c1ccc(Cl)cc1. The summed E-state index contributed by atoms with van der Waals surface area (Å²) in [4.78, 5) is 33.5. The van der Waals surface area contributed by atoms with Crippen molar-refractivity contribution in [1.29, 1.82) is 0 Å². The molecule has 3 aromatic rings. The fraction of sp³-hybridized carbons (Fsp3) is 0.276. The quantitative estimate of drug-likeness (QED) is 0.155. The number of carbonyl (C=O) groups excluding carboxylic acids is 2. The molecule has 0 N–H and O–H groups in total. The van der Waals surface area contributed by atoms with Crippen molar-refractivity contribution in [2.75, 3.05) is 13.7 Å². The minimum atomic E-state index is -1.73. The Morgan fingerprint density at radius 1 is 1.00 bits per heavy atom. The van der Waals surface area contributed by atoms with Crippen LogP contribution in [0.3, 0.4) is 0 Å². The number of rotatable bonds is 8. The molecule has 2 atom stereocenters. The Morgan fingerprint density at radius 2 is 1.62 bits per heavy atom. The van der Waals surface area contributed by atoms with Gasteiger partial charge in [-0.25, -0.2) is 9.79 Å². The number of nitrogens with zero attached hydrogens (tertiary/aromatic N) is 2. The molecule has 204 valence electrons. The molecule has 0 bridgehead atoms. The van der Waals surface area contributed by atoms with Gasteiger partial charge in [0, 0.05) is 16.1 Å². The van der Waals surface area contributed by atoms with Crippen molar-refractivity contribution in [2.24, 2.45) is 4.99 Å². The third-order valence-electron chi connectivity index (χ3n) is 6.20. The molecule has 1 aliphatic heterocycles. The molecule has 1 aliphatic rings. The molecule has 0 unspecified atom stereocenters. The smallest absolute Gasteiger partial charge is 0.341 e. The lowest BCUT2D eigenvalue weighted by atomic mass is 9.80. The van der Waals surface area contributed by atoms with Crippen LogP contribution < -0.4 is 9.47 Å². The molecule has 4 rings (SSSR count). The van der Waals surface area contributed by atoms with E-state index >= 15 is 0 Å². The number of hydrogen-bond acceptors (Lipinski definition) is 6. The molecule has 3 aromatic carbocycles. The number of esters is 1. The molecule has 39 heavy (non-hydrogen) atoms. The standard InChI is InChI=1S/C29H27Cl3N2O5/c1-5-38-27(35)29(19-8-12-21(31)13-9-19)25(18-6-10-20(30)11-7-18)34(28(32)36)26(33-29)23-15-14-22(37-4)16-24(23)39-17(2)3/h6-17,25H,5H2,1-4H3/t25-,29+/m1/s1. The Hall–Kier alpha value is -3.26. The van der Waals surface area contributed by atoms with Gasteiger partial charge in [-0.3, -0.25) is 9.69 Å². The maximum atomic E-state index is 14.0. The average molecular weight is 590 g/mol. The highest BCUT2D eigenvalue weighted by atomic mass is 35.5. The van der Waals surface area contributed by atoms with Gasteiger partial charge in [-0.05, 0) is 79.9 Å². The lowest BCUT2D eigenvalue weighted by Gasteiger charge is -2.35. The zero-order valence-electron chi connectivity index (χ0n) is 21.8. The summed E-state index contributed by atoms with van der Waals surface area (Å²) < 4.78 is 17.1. The average Bonchev–Trinajstić information content (AvgIpc) is 3.26. The zero-order chi connectivity index (χ0) is 28.3. The van der Waals surface area contributed by atoms with Crippen LogP contribution in [-0.2, 0) is 15.1 Å². The topological polar surface area (TPSA) is 77.4 Å². The highest BCUT2D eigenvalue weighted by molar-refractivity contribution is 6.64. The molecule has 0 radical (unpaired) electrons. The fourth-order valence-corrected chi connectivity index (χ4v) is 5.04. The van der Waals surface area contributed by atoms with Crippen LogP contribution in [0.25, 0.3) is 0 Å². The number of halogens is 3. The molecule has 0 saturated carbocycles. The van der Waals surface area contributed by atoms with E-state index in [1.165, 1.54) is 4.90 Å². The monoisotopic (exact) mass is 588 g/mol. The summed E-state index contributed by atoms with van der Waals surface area (Å²) in [5.41, 5.74) is -0.265. The number of amides is 1. The van der Waals surface area contributed by atoms with Crippen molar-refractivity contribution >= 4 is 52.0 Å². The van der Waals surface area contributed by atoms with Crippen LogP contribution in [0.15, 0.2) is 71.7 Å². The summed E-state index contributed by atoms with van der Waals surface area (Å²) in [5.74, 6) is 0.415. The van der Waals surface area contributed by atoms with E-state index in [1.54, 1.807) is 80.8 Å². The Bertz CT molecular complexity index is 1390. The number of ether oxygens (including phenoxy) is 3. The second-order valence-electron chi connectivity index (χ2n) is 9.03. The van der Waals surface area contributed by atoms with E-state index in [0.717, 1.165) is 0 Å². The first-order chi connectivity index (χ1) is 18.6. The van der Waals surface area contributed by atoms with Gasteiger partial charge in [0.05, 0.1) is 25.4 Å². The van der Waals surface area contributed by atoms with Crippen molar-refractivity contribution in [3.8, 4) is 11.5 Å². The summed E-state index contributed by atoms with van der Waals surface area (Å²) in [7, 11) is 1.54. The Labute approximate surface area is 242 Å². The Balaban J connectivity index is 2.09. The van der Waals surface area contributed by atoms with E-state index in [-0.39, 0.29) is 18.5 Å². The van der Waals surface area contributed by atoms with Crippen molar-refractivity contribution in [3.05, 3.63) is 93.5 Å². The molecule has 0 fully saturated rings. The van der Waals surface area contributed by atoms with Crippen LogP contribution in [0.4, 0.5) is 4.79 Å². The summed E-state index contributed by atoms with van der Waals surface area (Å²) in [6.45, 7) is 5.53. The third kappa shape index (κ3) is 5.57. The minimum Gasteiger partial charge on any atom is -0.497 e. The van der Waals surface area contributed by atoms with Crippen molar-refractivity contribution in [2.45, 2.75) is 38.5 Å². The number of benzene rings is 3. The molecule has 0 spiro atoms. The van der Waals surface area contributed by atoms with E-state index in [0.29, 0.717) is 38.2 Å². The van der Waals surface area contributed by atoms with Gasteiger partial charge in [-0.1, -0.05) is 47.5 Å². The van der Waals surface area contributed by atoms with Gasteiger partial charge in [0.2, 0.25) is 5.54 Å². The fourth-order valence-electron chi connectivity index (χ4n) is 4.61. The first-order valence-corrected chi connectivity index (χ1v) is 13.4. The van der Waals surface area contributed by atoms with Gasteiger partial charge >= 0.3 is 11.3 Å². The van der Waals surface area contributed by atoms with E-state index in [9.17, 15) is 9.59 Å². The summed E-state index contributed by atoms with van der Waals surface area (Å²) in [6, 6.07) is 17.6. The highest BCUT2D eigenvalue weighted by Crippen LogP contribution is 2.51. The number of amidine groups is 1. The zero-order valence-corrected chi connectivity index (χ0v) is 24.1. The second kappa shape index (κ2) is 11.9. The number of methoxy groups -OCH3 is 1. The van der Waals surface area contributed by atoms with Crippen LogP contribution >= 0.6 is 34.8 Å². The Morgan fingerprint density at radius 3 is 2.15 bits per heavy atom. The number of carbonyl (C=O) groups is 2. The second-order valence-corrected chi connectivity index (χ2v) is 10.2. The van der Waals surface area contributed by atoms with Gasteiger partial charge < -0.3 is 14.2 Å². The van der Waals surface area contributed by atoms with Crippen LogP contribution in [0.2, 0.25) is 10.0 Å². The predicted molar refractivity (Wildman–Crippen MR) is 152 cm³/mol. The van der Waals surface area contributed by atoms with E-state index < -0.39 is 22.9 Å². The van der Waals surface area contributed by atoms with Crippen LogP contribution in [0.5, 0.6) is 11.5 Å². The van der Waals surface area contributed by atoms with Gasteiger partial charge in [-0.15, -0.1) is 0 Å². The maximum absolute atomic E-state index is 14.0. The van der Waals surface area contributed by atoms with E-state index in [2.05, 4.69) is 0 Å². The van der Waals surface area contributed by atoms with Gasteiger partial charge in [0.25, 0.3) is 0 Å². The van der Waals surface area contributed by atoms with Crippen LogP contribution in [-0.4, -0.2) is 41.9 Å². The first kappa shape index (κ1) is 28.7. The highest BCUT2D eigenvalue weighted by Gasteiger charge is 2.59. The van der Waals surface area contributed by atoms with Crippen molar-refractivity contribution < 1.29 is 23.8 Å².